The van der Waals surface area contributed by atoms with Crippen molar-refractivity contribution in [2.24, 2.45) is 0 Å². The van der Waals surface area contributed by atoms with Crippen LogP contribution in [0.1, 0.15) is 17.1 Å². The summed E-state index contributed by atoms with van der Waals surface area (Å²) in [6.45, 7) is 4.77. The van der Waals surface area contributed by atoms with Gasteiger partial charge in [0.05, 0.1) is 17.3 Å². The molecular weight excluding hydrogens is 260 g/mol. The lowest BCUT2D eigenvalue weighted by atomic mass is 10.2. The molecule has 3 rings (SSSR count). The van der Waals surface area contributed by atoms with E-state index in [-0.39, 0.29) is 0 Å². The Morgan fingerprint density at radius 1 is 1.32 bits per heavy atom. The molecule has 0 saturated carbocycles. The zero-order chi connectivity index (χ0) is 13.2. The Balaban J connectivity index is 1.81. The van der Waals surface area contributed by atoms with Gasteiger partial charge in [0.1, 0.15) is 16.5 Å². The number of aryl methyl sites for hydroxylation is 2. The van der Waals surface area contributed by atoms with Crippen LogP contribution in [0.25, 0.3) is 10.2 Å². The minimum Gasteiger partial charge on any atom is -0.369 e. The van der Waals surface area contributed by atoms with Crippen molar-refractivity contribution in [3.8, 4) is 0 Å². The third-order valence-corrected chi connectivity index (χ3v) is 3.86. The molecular formula is C12H14N6S. The number of fused-ring (bicyclic) bond motifs is 1. The molecule has 0 aliphatic heterocycles. The molecule has 0 aromatic carbocycles. The Bertz CT molecular complexity index is 688. The first-order valence-electron chi connectivity index (χ1n) is 6.05. The fourth-order valence-electron chi connectivity index (χ4n) is 1.97. The van der Waals surface area contributed by atoms with Gasteiger partial charge in [0.15, 0.2) is 0 Å². The smallest absolute Gasteiger partial charge is 0.138 e. The van der Waals surface area contributed by atoms with Crippen LogP contribution in [-0.2, 0) is 6.42 Å². The molecule has 2 N–H and O–H groups in total. The van der Waals surface area contributed by atoms with E-state index in [0.717, 1.165) is 40.5 Å². The summed E-state index contributed by atoms with van der Waals surface area (Å²) in [6.07, 6.45) is 2.54. The number of rotatable bonds is 4. The Kier molecular flexibility index (Phi) is 3.12. The first-order valence-corrected chi connectivity index (χ1v) is 6.93. The number of hydrogen-bond donors (Lipinski definition) is 2. The first-order chi connectivity index (χ1) is 9.24. The van der Waals surface area contributed by atoms with Crippen molar-refractivity contribution in [1.29, 1.82) is 0 Å². The number of aromatic amines is 1. The monoisotopic (exact) mass is 274 g/mol. The lowest BCUT2D eigenvalue weighted by molar-refractivity contribution is 0.889. The normalized spacial score (nSPS) is 11.1. The highest BCUT2D eigenvalue weighted by atomic mass is 32.1. The molecule has 0 amide bonds. The van der Waals surface area contributed by atoms with Gasteiger partial charge in [-0.3, -0.25) is 0 Å². The molecule has 0 radical (unpaired) electrons. The van der Waals surface area contributed by atoms with Crippen LogP contribution in [0.4, 0.5) is 5.82 Å². The number of nitrogens with zero attached hydrogens (tertiary/aromatic N) is 4. The molecule has 0 aliphatic carbocycles. The second-order valence-corrected chi connectivity index (χ2v) is 5.21. The molecule has 0 fully saturated rings. The standard InChI is InChI=1S/C12H14N6S/c1-7-6-19-12-10(7)11(15-8(2)16-12)13-4-3-9-5-14-18-17-9/h5-6H,3-4H2,1-2H3,(H,13,15,16)(H,14,17,18). The molecule has 0 aliphatic rings. The van der Waals surface area contributed by atoms with Crippen LogP contribution in [0.2, 0.25) is 0 Å². The summed E-state index contributed by atoms with van der Waals surface area (Å²) in [7, 11) is 0. The number of aromatic nitrogens is 5. The van der Waals surface area contributed by atoms with E-state index in [1.165, 1.54) is 5.56 Å². The fraction of sp³-hybridized carbons (Fsp3) is 0.333. The summed E-state index contributed by atoms with van der Waals surface area (Å²) in [4.78, 5) is 9.99. The molecule has 3 aromatic heterocycles. The Morgan fingerprint density at radius 2 is 2.21 bits per heavy atom. The summed E-state index contributed by atoms with van der Waals surface area (Å²) in [5, 5.41) is 17.0. The van der Waals surface area contributed by atoms with Crippen molar-refractivity contribution in [3.63, 3.8) is 0 Å². The van der Waals surface area contributed by atoms with Crippen molar-refractivity contribution in [2.75, 3.05) is 11.9 Å². The summed E-state index contributed by atoms with van der Waals surface area (Å²) >= 11 is 1.66. The van der Waals surface area contributed by atoms with Gasteiger partial charge in [0.2, 0.25) is 0 Å². The van der Waals surface area contributed by atoms with Gasteiger partial charge in [-0.15, -0.1) is 11.3 Å². The average molecular weight is 274 g/mol. The lowest BCUT2D eigenvalue weighted by Gasteiger charge is -2.07. The van der Waals surface area contributed by atoms with Crippen molar-refractivity contribution >= 4 is 27.4 Å². The van der Waals surface area contributed by atoms with Crippen molar-refractivity contribution in [1.82, 2.24) is 25.4 Å². The minimum atomic E-state index is 0.771. The van der Waals surface area contributed by atoms with Gasteiger partial charge in [-0.05, 0) is 24.8 Å². The van der Waals surface area contributed by atoms with Gasteiger partial charge in [-0.25, -0.2) is 9.97 Å². The third kappa shape index (κ3) is 2.41. The molecule has 0 spiro atoms. The molecule has 0 bridgehead atoms. The second kappa shape index (κ2) is 4.93. The van der Waals surface area contributed by atoms with Crippen LogP contribution in [0, 0.1) is 13.8 Å². The van der Waals surface area contributed by atoms with Crippen LogP contribution in [0.15, 0.2) is 11.6 Å². The topological polar surface area (TPSA) is 79.4 Å². The quantitative estimate of drug-likeness (QED) is 0.761. The zero-order valence-corrected chi connectivity index (χ0v) is 11.6. The minimum absolute atomic E-state index is 0.771. The van der Waals surface area contributed by atoms with Crippen LogP contribution in [0.5, 0.6) is 0 Å². The summed E-state index contributed by atoms with van der Waals surface area (Å²) in [5.74, 6) is 1.70. The zero-order valence-electron chi connectivity index (χ0n) is 10.8. The van der Waals surface area contributed by atoms with E-state index in [1.807, 2.05) is 6.92 Å². The molecule has 3 aromatic rings. The summed E-state index contributed by atoms with van der Waals surface area (Å²) in [5.41, 5.74) is 2.15. The van der Waals surface area contributed by atoms with Gasteiger partial charge in [-0.1, -0.05) is 0 Å². The number of hydrogen-bond acceptors (Lipinski definition) is 6. The van der Waals surface area contributed by atoms with Crippen LogP contribution in [0.3, 0.4) is 0 Å². The van der Waals surface area contributed by atoms with Crippen molar-refractivity contribution in [2.45, 2.75) is 20.3 Å². The highest BCUT2D eigenvalue weighted by Gasteiger charge is 2.10. The maximum Gasteiger partial charge on any atom is 0.138 e. The van der Waals surface area contributed by atoms with E-state index in [9.17, 15) is 0 Å². The molecule has 6 nitrogen and oxygen atoms in total. The molecule has 19 heavy (non-hydrogen) atoms. The number of nitrogens with one attached hydrogen (secondary N) is 2. The van der Waals surface area contributed by atoms with Gasteiger partial charge in [0, 0.05) is 13.0 Å². The molecule has 0 saturated heterocycles. The van der Waals surface area contributed by atoms with Gasteiger partial charge >= 0.3 is 0 Å². The van der Waals surface area contributed by atoms with Crippen LogP contribution < -0.4 is 5.32 Å². The fourth-order valence-corrected chi connectivity index (χ4v) is 2.94. The summed E-state index contributed by atoms with van der Waals surface area (Å²) < 4.78 is 0. The van der Waals surface area contributed by atoms with E-state index in [2.05, 4.69) is 43.0 Å². The highest BCUT2D eigenvalue weighted by molar-refractivity contribution is 7.17. The van der Waals surface area contributed by atoms with Gasteiger partial charge in [0.25, 0.3) is 0 Å². The van der Waals surface area contributed by atoms with Gasteiger partial charge < -0.3 is 5.32 Å². The number of anilines is 1. The molecule has 0 atom stereocenters. The van der Waals surface area contributed by atoms with Crippen molar-refractivity contribution in [3.05, 3.63) is 28.7 Å². The lowest BCUT2D eigenvalue weighted by Crippen LogP contribution is -2.08. The molecule has 98 valence electrons. The van der Waals surface area contributed by atoms with E-state index >= 15 is 0 Å². The maximum atomic E-state index is 4.49. The predicted octanol–water partition coefficient (Wildman–Crippen LogP) is 2.08. The van der Waals surface area contributed by atoms with Crippen molar-refractivity contribution < 1.29 is 0 Å². The Morgan fingerprint density at radius 3 is 3.00 bits per heavy atom. The molecule has 0 unspecified atom stereocenters. The van der Waals surface area contributed by atoms with E-state index in [0.29, 0.717) is 0 Å². The second-order valence-electron chi connectivity index (χ2n) is 4.36. The summed E-state index contributed by atoms with van der Waals surface area (Å²) in [6, 6.07) is 0. The van der Waals surface area contributed by atoms with Gasteiger partial charge in [-0.2, -0.15) is 15.4 Å². The van der Waals surface area contributed by atoms with E-state index in [4.69, 9.17) is 0 Å². The Labute approximate surface area is 114 Å². The average Bonchev–Trinajstić information content (AvgIpc) is 2.99. The number of thiophene rings is 1. The highest BCUT2D eigenvalue weighted by Crippen LogP contribution is 2.29. The maximum absolute atomic E-state index is 4.49. The number of H-pyrrole nitrogens is 1. The van der Waals surface area contributed by atoms with Crippen LogP contribution >= 0.6 is 11.3 Å². The van der Waals surface area contributed by atoms with E-state index < -0.39 is 0 Å². The third-order valence-electron chi connectivity index (χ3n) is 2.87. The van der Waals surface area contributed by atoms with E-state index in [1.54, 1.807) is 17.5 Å². The molecule has 3 heterocycles. The predicted molar refractivity (Wildman–Crippen MR) is 75.5 cm³/mol. The Hall–Kier alpha value is -2.02. The first kappa shape index (κ1) is 12.0. The largest absolute Gasteiger partial charge is 0.369 e. The van der Waals surface area contributed by atoms with Crippen LogP contribution in [-0.4, -0.2) is 31.9 Å². The molecule has 7 heteroatoms. The SMILES string of the molecule is Cc1nc(NCCc2cn[nH]n2)c2c(C)csc2n1.